The first-order valence-electron chi connectivity index (χ1n) is 5.60. The van der Waals surface area contributed by atoms with Crippen molar-refractivity contribution in [1.82, 2.24) is 5.32 Å². The van der Waals surface area contributed by atoms with Crippen LogP contribution in [0.25, 0.3) is 0 Å². The van der Waals surface area contributed by atoms with Crippen LogP contribution in [0.15, 0.2) is 10.5 Å². The number of carbonyl (C=O) groups excluding carboxylic acids is 2. The number of carbonyl (C=O) groups is 2. The summed E-state index contributed by atoms with van der Waals surface area (Å²) >= 11 is 1.13. The first-order chi connectivity index (χ1) is 8.56. The van der Waals surface area contributed by atoms with Gasteiger partial charge >= 0.3 is 0 Å². The highest BCUT2D eigenvalue weighted by molar-refractivity contribution is 8.04. The van der Waals surface area contributed by atoms with Crippen LogP contribution in [0.5, 0.6) is 0 Å². The van der Waals surface area contributed by atoms with Crippen LogP contribution in [0.2, 0.25) is 0 Å². The summed E-state index contributed by atoms with van der Waals surface area (Å²) in [6.07, 6.45) is 0.623. The Hall–Kier alpha value is -1.72. The van der Waals surface area contributed by atoms with Crippen LogP contribution < -0.4 is 5.32 Å². The van der Waals surface area contributed by atoms with Crippen molar-refractivity contribution in [3.63, 3.8) is 0 Å². The van der Waals surface area contributed by atoms with Crippen molar-refractivity contribution in [2.75, 3.05) is 12.3 Å². The first-order valence-corrected chi connectivity index (χ1v) is 6.59. The maximum atomic E-state index is 11.7. The summed E-state index contributed by atoms with van der Waals surface area (Å²) in [6, 6.07) is 1.85. The van der Waals surface area contributed by atoms with Crippen molar-refractivity contribution < 1.29 is 11.0 Å². The minimum atomic E-state index is -0.448. The van der Waals surface area contributed by atoms with Gasteiger partial charge in [-0.1, -0.05) is 18.8 Å². The van der Waals surface area contributed by atoms with E-state index in [2.05, 4.69) is 17.2 Å². The standard InChI is InChI=1S/C13H16N2O2S.H2/c1-4-6-7-12(18-9-10(3)16)11(8-14)13(17)15-5-2;/h4-5,9H2,1-3H3,(H,15,17);1H/b12-11-;. The Kier molecular flexibility index (Phi) is 8.43. The number of nitriles is 1. The van der Waals surface area contributed by atoms with Gasteiger partial charge in [-0.3, -0.25) is 9.59 Å². The van der Waals surface area contributed by atoms with Gasteiger partial charge in [0.05, 0.1) is 10.7 Å². The van der Waals surface area contributed by atoms with E-state index in [0.29, 0.717) is 17.9 Å². The van der Waals surface area contributed by atoms with Crippen LogP contribution in [0.3, 0.4) is 0 Å². The zero-order valence-corrected chi connectivity index (χ0v) is 11.6. The van der Waals surface area contributed by atoms with Gasteiger partial charge in [-0.15, -0.1) is 11.8 Å². The number of ketones is 1. The predicted octanol–water partition coefficient (Wildman–Crippen LogP) is 1.88. The minimum Gasteiger partial charge on any atom is -0.352 e. The van der Waals surface area contributed by atoms with Crippen molar-refractivity contribution in [1.29, 1.82) is 5.26 Å². The van der Waals surface area contributed by atoms with E-state index < -0.39 is 5.91 Å². The molecule has 0 aromatic rings. The molecular weight excluding hydrogens is 248 g/mol. The Balaban J connectivity index is 0. The number of hydrogen-bond acceptors (Lipinski definition) is 4. The fourth-order valence-corrected chi connectivity index (χ4v) is 1.74. The SMILES string of the molecule is CCC#C/C(SCC(C)=O)=C(\C#N)C(=O)NCC.[HH]. The Morgan fingerprint density at radius 2 is 2.06 bits per heavy atom. The Bertz CT molecular complexity index is 455. The van der Waals surface area contributed by atoms with Gasteiger partial charge in [-0.2, -0.15) is 5.26 Å². The van der Waals surface area contributed by atoms with Crippen molar-refractivity contribution in [2.45, 2.75) is 27.2 Å². The van der Waals surface area contributed by atoms with E-state index in [4.69, 9.17) is 5.26 Å². The number of allylic oxidation sites excluding steroid dienone is 1. The van der Waals surface area contributed by atoms with Gasteiger partial charge in [-0.05, 0) is 13.8 Å². The van der Waals surface area contributed by atoms with Crippen LogP contribution in [-0.2, 0) is 9.59 Å². The fraction of sp³-hybridized carbons (Fsp3) is 0.462. The molecule has 0 aliphatic heterocycles. The molecule has 1 N–H and O–H groups in total. The highest BCUT2D eigenvalue weighted by Gasteiger charge is 2.14. The largest absolute Gasteiger partial charge is 0.352 e. The third-order valence-electron chi connectivity index (χ3n) is 1.70. The first kappa shape index (κ1) is 16.3. The summed E-state index contributed by atoms with van der Waals surface area (Å²) in [7, 11) is 0. The summed E-state index contributed by atoms with van der Waals surface area (Å²) in [5, 5.41) is 11.6. The topological polar surface area (TPSA) is 70.0 Å². The molecule has 5 heteroatoms. The lowest BCUT2D eigenvalue weighted by atomic mass is 10.2. The monoisotopic (exact) mass is 266 g/mol. The van der Waals surface area contributed by atoms with E-state index in [0.717, 1.165) is 11.8 Å². The maximum absolute atomic E-state index is 11.7. The molecule has 0 aliphatic carbocycles. The van der Waals surface area contributed by atoms with Crippen molar-refractivity contribution in [3.8, 4) is 17.9 Å². The molecule has 1 amide bonds. The zero-order chi connectivity index (χ0) is 14.0. The number of amides is 1. The average molecular weight is 266 g/mol. The minimum absolute atomic E-state index is 0. The molecule has 4 nitrogen and oxygen atoms in total. The van der Waals surface area contributed by atoms with Gasteiger partial charge in [0.2, 0.25) is 0 Å². The number of nitrogens with one attached hydrogen (secondary N) is 1. The second kappa shape index (κ2) is 9.32. The summed E-state index contributed by atoms with van der Waals surface area (Å²) in [4.78, 5) is 23.0. The number of likely N-dealkylation sites (N-methyl/N-ethyl adjacent to an activating group) is 1. The number of nitrogens with zero attached hydrogens (tertiary/aromatic N) is 1. The summed E-state index contributed by atoms with van der Waals surface area (Å²) in [5.41, 5.74) is -0.0240. The summed E-state index contributed by atoms with van der Waals surface area (Å²) in [6.45, 7) is 5.54. The third kappa shape index (κ3) is 6.12. The molecule has 0 spiro atoms. The number of hydrogen-bond donors (Lipinski definition) is 1. The highest BCUT2D eigenvalue weighted by Crippen LogP contribution is 2.19. The van der Waals surface area contributed by atoms with Crippen LogP contribution in [0.4, 0.5) is 0 Å². The van der Waals surface area contributed by atoms with E-state index in [-0.39, 0.29) is 18.5 Å². The van der Waals surface area contributed by atoms with Crippen molar-refractivity contribution in [2.24, 2.45) is 0 Å². The van der Waals surface area contributed by atoms with Gasteiger partial charge in [0, 0.05) is 14.4 Å². The summed E-state index contributed by atoms with van der Waals surface area (Å²) < 4.78 is 0. The normalized spacial score (nSPS) is 10.6. The molecule has 0 unspecified atom stereocenters. The van der Waals surface area contributed by atoms with Crippen LogP contribution >= 0.6 is 11.8 Å². The lowest BCUT2D eigenvalue weighted by molar-refractivity contribution is -0.117. The molecule has 0 aromatic carbocycles. The third-order valence-corrected chi connectivity index (χ3v) is 2.85. The maximum Gasteiger partial charge on any atom is 0.263 e. The molecule has 0 bridgehead atoms. The molecule has 0 heterocycles. The highest BCUT2D eigenvalue weighted by atomic mass is 32.2. The molecule has 0 saturated heterocycles. The second-order valence-electron chi connectivity index (χ2n) is 3.32. The van der Waals surface area contributed by atoms with Crippen molar-refractivity contribution in [3.05, 3.63) is 10.5 Å². The molecule has 0 fully saturated rings. The Labute approximate surface area is 113 Å². The molecule has 0 aromatic heterocycles. The Morgan fingerprint density at radius 3 is 2.50 bits per heavy atom. The van der Waals surface area contributed by atoms with E-state index in [1.165, 1.54) is 6.92 Å². The van der Waals surface area contributed by atoms with Crippen LogP contribution in [0, 0.1) is 23.2 Å². The van der Waals surface area contributed by atoms with Gasteiger partial charge in [-0.25, -0.2) is 0 Å². The second-order valence-corrected chi connectivity index (χ2v) is 4.31. The lowest BCUT2D eigenvalue weighted by Gasteiger charge is -2.03. The number of Topliss-reactive ketones (excluding diaryl/α,β-unsaturated/α-hetero) is 1. The molecule has 0 saturated carbocycles. The van der Waals surface area contributed by atoms with Gasteiger partial charge in [0.25, 0.3) is 5.91 Å². The molecule has 0 radical (unpaired) electrons. The number of rotatable bonds is 5. The van der Waals surface area contributed by atoms with Gasteiger partial charge in [0.1, 0.15) is 17.4 Å². The summed E-state index contributed by atoms with van der Waals surface area (Å²) in [5.74, 6) is 5.32. The fourth-order valence-electron chi connectivity index (χ4n) is 0.967. The molecule has 0 rings (SSSR count). The Morgan fingerprint density at radius 1 is 1.39 bits per heavy atom. The van der Waals surface area contributed by atoms with Crippen LogP contribution in [-0.4, -0.2) is 24.0 Å². The zero-order valence-electron chi connectivity index (χ0n) is 10.8. The quantitative estimate of drug-likeness (QED) is 0.468. The van der Waals surface area contributed by atoms with Crippen molar-refractivity contribution >= 4 is 23.5 Å². The van der Waals surface area contributed by atoms with E-state index in [1.807, 2.05) is 13.0 Å². The van der Waals surface area contributed by atoms with Crippen LogP contribution in [0.1, 0.15) is 28.6 Å². The van der Waals surface area contributed by atoms with E-state index in [1.54, 1.807) is 6.92 Å². The molecule has 18 heavy (non-hydrogen) atoms. The van der Waals surface area contributed by atoms with E-state index >= 15 is 0 Å². The van der Waals surface area contributed by atoms with E-state index in [9.17, 15) is 9.59 Å². The van der Waals surface area contributed by atoms with Gasteiger partial charge < -0.3 is 5.32 Å². The molecule has 98 valence electrons. The average Bonchev–Trinajstić information content (AvgIpc) is 2.32. The molecule has 0 atom stereocenters. The van der Waals surface area contributed by atoms with Gasteiger partial charge in [0.15, 0.2) is 0 Å². The predicted molar refractivity (Wildman–Crippen MR) is 74.6 cm³/mol. The molecular formula is C13H18N2O2S. The lowest BCUT2D eigenvalue weighted by Crippen LogP contribution is -2.24. The molecule has 0 aliphatic rings. The number of thioether (sulfide) groups is 1. The smallest absolute Gasteiger partial charge is 0.263 e.